The summed E-state index contributed by atoms with van der Waals surface area (Å²) in [4.78, 5) is 14.9. The number of rotatable bonds is 5. The second-order valence-corrected chi connectivity index (χ2v) is 5.54. The minimum absolute atomic E-state index is 0.00829. The largest absolute Gasteiger partial charge is 0.465 e. The van der Waals surface area contributed by atoms with Crippen LogP contribution in [0.2, 0.25) is 0 Å². The average Bonchev–Trinajstić information content (AvgIpc) is 2.43. The molecule has 0 fully saturated rings. The first-order valence-corrected chi connectivity index (χ1v) is 7.27. The van der Waals surface area contributed by atoms with E-state index in [9.17, 15) is 26.7 Å². The number of aromatic nitrogens is 1. The van der Waals surface area contributed by atoms with Crippen molar-refractivity contribution in [2.75, 3.05) is 7.11 Å². The fourth-order valence-corrected chi connectivity index (χ4v) is 2.56. The third kappa shape index (κ3) is 4.33. The molecule has 0 bridgehead atoms. The minimum Gasteiger partial charge on any atom is -0.465 e. The van der Waals surface area contributed by atoms with Crippen molar-refractivity contribution in [2.45, 2.75) is 38.6 Å². The van der Waals surface area contributed by atoms with Gasteiger partial charge in [-0.15, -0.1) is 0 Å². The van der Waals surface area contributed by atoms with Crippen LogP contribution in [-0.4, -0.2) is 18.1 Å². The molecular weight excluding hydrogens is 341 g/mol. The molecule has 1 rings (SSSR count). The van der Waals surface area contributed by atoms with E-state index >= 15 is 0 Å². The highest BCUT2D eigenvalue weighted by atomic mass is 32.1. The molecule has 0 amide bonds. The second-order valence-electron chi connectivity index (χ2n) is 5.22. The summed E-state index contributed by atoms with van der Waals surface area (Å²) in [6.45, 7) is 3.39. The number of halogens is 5. The molecule has 0 atom stereocenters. The van der Waals surface area contributed by atoms with Crippen molar-refractivity contribution in [3.05, 3.63) is 28.1 Å². The molecule has 0 unspecified atom stereocenters. The lowest BCUT2D eigenvalue weighted by atomic mass is 9.91. The monoisotopic (exact) mass is 357 g/mol. The Bertz CT molecular complexity index is 588. The lowest BCUT2D eigenvalue weighted by Gasteiger charge is -2.21. The molecule has 0 saturated heterocycles. The molecule has 0 spiro atoms. The SMILES string of the molecule is COC(=O)c1c(C(F)F)nc(C(F)(F)F)c(CS)c1CC(C)C. The van der Waals surface area contributed by atoms with E-state index in [0.29, 0.717) is 0 Å². The first kappa shape index (κ1) is 19.7. The average molecular weight is 357 g/mol. The van der Waals surface area contributed by atoms with E-state index in [1.165, 1.54) is 0 Å². The van der Waals surface area contributed by atoms with Gasteiger partial charge in [0.05, 0.1) is 12.7 Å². The summed E-state index contributed by atoms with van der Waals surface area (Å²) in [5, 5.41) is 0. The Morgan fingerprint density at radius 1 is 1.26 bits per heavy atom. The van der Waals surface area contributed by atoms with E-state index in [2.05, 4.69) is 22.3 Å². The van der Waals surface area contributed by atoms with Crippen LogP contribution in [0.4, 0.5) is 22.0 Å². The summed E-state index contributed by atoms with van der Waals surface area (Å²) in [7, 11) is 0.967. The van der Waals surface area contributed by atoms with Crippen molar-refractivity contribution in [3.63, 3.8) is 0 Å². The van der Waals surface area contributed by atoms with Gasteiger partial charge in [0, 0.05) is 5.75 Å². The maximum absolute atomic E-state index is 13.2. The molecule has 0 aliphatic rings. The van der Waals surface area contributed by atoms with Gasteiger partial charge in [-0.25, -0.2) is 18.6 Å². The highest BCUT2D eigenvalue weighted by Crippen LogP contribution is 2.38. The van der Waals surface area contributed by atoms with Gasteiger partial charge in [0.2, 0.25) is 0 Å². The predicted octanol–water partition coefficient (Wildman–Crippen LogP) is 4.45. The van der Waals surface area contributed by atoms with Gasteiger partial charge in [-0.05, 0) is 23.5 Å². The number of methoxy groups -OCH3 is 1. The van der Waals surface area contributed by atoms with Gasteiger partial charge in [-0.2, -0.15) is 25.8 Å². The topological polar surface area (TPSA) is 39.2 Å². The molecule has 0 N–H and O–H groups in total. The Labute approximate surface area is 135 Å². The molecular formula is C14H16F5NO2S. The van der Waals surface area contributed by atoms with Crippen molar-refractivity contribution in [1.29, 1.82) is 0 Å². The first-order chi connectivity index (χ1) is 10.5. The summed E-state index contributed by atoms with van der Waals surface area (Å²) in [6, 6.07) is 0. The zero-order valence-corrected chi connectivity index (χ0v) is 13.6. The van der Waals surface area contributed by atoms with Crippen LogP contribution in [0.25, 0.3) is 0 Å². The maximum Gasteiger partial charge on any atom is 0.433 e. The van der Waals surface area contributed by atoms with Gasteiger partial charge in [-0.3, -0.25) is 0 Å². The fourth-order valence-electron chi connectivity index (χ4n) is 2.22. The molecule has 3 nitrogen and oxygen atoms in total. The van der Waals surface area contributed by atoms with E-state index in [0.717, 1.165) is 7.11 Å². The van der Waals surface area contributed by atoms with Crippen LogP contribution in [0.3, 0.4) is 0 Å². The van der Waals surface area contributed by atoms with Crippen LogP contribution in [0.5, 0.6) is 0 Å². The van der Waals surface area contributed by atoms with Gasteiger partial charge in [-0.1, -0.05) is 13.8 Å². The molecule has 0 aromatic carbocycles. The van der Waals surface area contributed by atoms with E-state index in [-0.39, 0.29) is 23.5 Å². The number of alkyl halides is 5. The number of pyridine rings is 1. The van der Waals surface area contributed by atoms with Gasteiger partial charge in [0.15, 0.2) is 0 Å². The zero-order valence-electron chi connectivity index (χ0n) is 12.7. The quantitative estimate of drug-likeness (QED) is 0.481. The Balaban J connectivity index is 3.88. The number of hydrogen-bond donors (Lipinski definition) is 1. The third-order valence-electron chi connectivity index (χ3n) is 3.08. The Kier molecular flexibility index (Phi) is 6.38. The Hall–Kier alpha value is -1.38. The van der Waals surface area contributed by atoms with E-state index in [1.54, 1.807) is 13.8 Å². The minimum atomic E-state index is -4.93. The predicted molar refractivity (Wildman–Crippen MR) is 76.8 cm³/mol. The standard InChI is InChI=1S/C14H16F5NO2S/c1-6(2)4-7-8(5-23)11(14(17,18)19)20-10(12(15)16)9(7)13(21)22-3/h6,12,23H,4-5H2,1-3H3. The van der Waals surface area contributed by atoms with Crippen molar-refractivity contribution < 1.29 is 31.5 Å². The van der Waals surface area contributed by atoms with Crippen molar-refractivity contribution in [3.8, 4) is 0 Å². The Morgan fingerprint density at radius 2 is 1.83 bits per heavy atom. The van der Waals surface area contributed by atoms with Crippen LogP contribution in [0.15, 0.2) is 0 Å². The molecule has 0 radical (unpaired) electrons. The van der Waals surface area contributed by atoms with E-state index in [1.807, 2.05) is 0 Å². The molecule has 1 aromatic rings. The summed E-state index contributed by atoms with van der Waals surface area (Å²) >= 11 is 3.86. The normalized spacial score (nSPS) is 12.1. The summed E-state index contributed by atoms with van der Waals surface area (Å²) in [5.41, 5.74) is -3.77. The number of carbonyl (C=O) groups is 1. The molecule has 9 heteroatoms. The van der Waals surface area contributed by atoms with Crippen LogP contribution >= 0.6 is 12.6 Å². The molecule has 0 aliphatic carbocycles. The smallest absolute Gasteiger partial charge is 0.433 e. The van der Waals surface area contributed by atoms with Gasteiger partial charge in [0.25, 0.3) is 6.43 Å². The van der Waals surface area contributed by atoms with Crippen LogP contribution in [0.1, 0.15) is 53.1 Å². The lowest BCUT2D eigenvalue weighted by molar-refractivity contribution is -0.142. The van der Waals surface area contributed by atoms with Gasteiger partial charge in [0.1, 0.15) is 11.4 Å². The van der Waals surface area contributed by atoms with Gasteiger partial charge < -0.3 is 4.74 Å². The number of hydrogen-bond acceptors (Lipinski definition) is 4. The number of ether oxygens (including phenoxy) is 1. The number of nitrogens with zero attached hydrogens (tertiary/aromatic N) is 1. The molecule has 1 aromatic heterocycles. The van der Waals surface area contributed by atoms with Crippen LogP contribution < -0.4 is 0 Å². The van der Waals surface area contributed by atoms with Crippen molar-refractivity contribution >= 4 is 18.6 Å². The first-order valence-electron chi connectivity index (χ1n) is 6.64. The molecule has 1 heterocycles. The highest BCUT2D eigenvalue weighted by molar-refractivity contribution is 7.79. The van der Waals surface area contributed by atoms with Crippen molar-refractivity contribution in [2.24, 2.45) is 5.92 Å². The molecule has 130 valence electrons. The fraction of sp³-hybridized carbons (Fsp3) is 0.571. The van der Waals surface area contributed by atoms with E-state index in [4.69, 9.17) is 0 Å². The maximum atomic E-state index is 13.2. The van der Waals surface area contributed by atoms with Crippen LogP contribution in [0, 0.1) is 5.92 Å². The van der Waals surface area contributed by atoms with Crippen molar-refractivity contribution in [1.82, 2.24) is 4.98 Å². The zero-order chi connectivity index (χ0) is 17.9. The Morgan fingerprint density at radius 3 is 2.17 bits per heavy atom. The number of carbonyl (C=O) groups excluding carboxylic acids is 1. The number of thiol groups is 1. The molecule has 0 aliphatic heterocycles. The van der Waals surface area contributed by atoms with E-state index < -0.39 is 41.3 Å². The summed E-state index contributed by atoms with van der Waals surface area (Å²) in [5.74, 6) is -1.71. The second kappa shape index (κ2) is 7.46. The molecule has 0 saturated carbocycles. The highest BCUT2D eigenvalue weighted by Gasteiger charge is 2.40. The molecule has 23 heavy (non-hydrogen) atoms. The lowest BCUT2D eigenvalue weighted by Crippen LogP contribution is -2.22. The summed E-state index contributed by atoms with van der Waals surface area (Å²) in [6.07, 6.45) is -8.28. The number of esters is 1. The van der Waals surface area contributed by atoms with Gasteiger partial charge >= 0.3 is 12.1 Å². The van der Waals surface area contributed by atoms with Crippen LogP contribution in [-0.2, 0) is 23.1 Å². The third-order valence-corrected chi connectivity index (χ3v) is 3.39. The summed E-state index contributed by atoms with van der Waals surface area (Å²) < 4.78 is 70.3.